The zero-order chi connectivity index (χ0) is 16.5. The van der Waals surface area contributed by atoms with E-state index in [9.17, 15) is 4.39 Å². The van der Waals surface area contributed by atoms with Crippen LogP contribution in [0.15, 0.2) is 24.5 Å². The summed E-state index contributed by atoms with van der Waals surface area (Å²) < 4.78 is 14.6. The first-order valence-corrected chi connectivity index (χ1v) is 8.13. The number of aromatic nitrogens is 3. The van der Waals surface area contributed by atoms with Gasteiger partial charge in [0.1, 0.15) is 23.9 Å². The monoisotopic (exact) mass is 324 g/mol. The van der Waals surface area contributed by atoms with Gasteiger partial charge in [-0.25, -0.2) is 19.3 Å². The van der Waals surface area contributed by atoms with E-state index < -0.39 is 0 Å². The minimum Gasteiger partial charge on any atom is -0.353 e. The Kier molecular flexibility index (Phi) is 3.73. The van der Waals surface area contributed by atoms with Crippen LogP contribution in [0.1, 0.15) is 30.1 Å². The van der Waals surface area contributed by atoms with Gasteiger partial charge < -0.3 is 9.80 Å². The normalized spacial score (nSPS) is 17.7. The van der Waals surface area contributed by atoms with Crippen LogP contribution in [0.25, 0.3) is 0 Å². The maximum atomic E-state index is 14.6. The highest BCUT2D eigenvalue weighted by molar-refractivity contribution is 5.47. The summed E-state index contributed by atoms with van der Waals surface area (Å²) in [5.41, 5.74) is 0.969. The largest absolute Gasteiger partial charge is 0.353 e. The highest BCUT2D eigenvalue weighted by Gasteiger charge is 2.31. The first kappa shape index (κ1) is 14.8. The molecule has 0 N–H and O–H groups in total. The van der Waals surface area contributed by atoms with Crippen molar-refractivity contribution in [1.82, 2.24) is 15.0 Å². The van der Waals surface area contributed by atoms with Crippen molar-refractivity contribution >= 4 is 11.6 Å². The second kappa shape index (κ2) is 6.04. The van der Waals surface area contributed by atoms with Gasteiger partial charge in [-0.15, -0.1) is 0 Å². The second-order valence-electron chi connectivity index (χ2n) is 6.14. The lowest BCUT2D eigenvalue weighted by Crippen LogP contribution is -2.47. The number of nitriles is 1. The summed E-state index contributed by atoms with van der Waals surface area (Å²) in [4.78, 5) is 16.7. The fourth-order valence-corrected chi connectivity index (χ4v) is 3.04. The molecule has 0 amide bonds. The molecular weight excluding hydrogens is 307 g/mol. The van der Waals surface area contributed by atoms with Gasteiger partial charge in [-0.05, 0) is 25.0 Å². The fraction of sp³-hybridized carbons (Fsp3) is 0.412. The Hall–Kier alpha value is -2.75. The van der Waals surface area contributed by atoms with Gasteiger partial charge in [-0.2, -0.15) is 5.26 Å². The molecule has 122 valence electrons. The summed E-state index contributed by atoms with van der Waals surface area (Å²) in [5, 5.41) is 8.96. The van der Waals surface area contributed by atoms with Crippen molar-refractivity contribution in [2.75, 3.05) is 36.0 Å². The molecule has 1 aliphatic carbocycles. The molecule has 2 fully saturated rings. The summed E-state index contributed by atoms with van der Waals surface area (Å²) >= 11 is 0. The highest BCUT2D eigenvalue weighted by atomic mass is 19.1. The minimum atomic E-state index is -0.266. The Morgan fingerprint density at radius 2 is 1.83 bits per heavy atom. The average Bonchev–Trinajstić information content (AvgIpc) is 3.47. The number of hydrogen-bond donors (Lipinski definition) is 0. The van der Waals surface area contributed by atoms with Crippen molar-refractivity contribution in [1.29, 1.82) is 5.26 Å². The molecule has 2 aromatic rings. The van der Waals surface area contributed by atoms with Crippen molar-refractivity contribution in [3.8, 4) is 6.07 Å². The molecule has 2 aromatic heterocycles. The van der Waals surface area contributed by atoms with Gasteiger partial charge in [0.25, 0.3) is 0 Å². The zero-order valence-electron chi connectivity index (χ0n) is 13.2. The second-order valence-corrected chi connectivity index (χ2v) is 6.14. The lowest BCUT2D eigenvalue weighted by atomic mass is 10.2. The Bertz CT molecular complexity index is 790. The van der Waals surface area contributed by atoms with Gasteiger partial charge in [-0.3, -0.25) is 0 Å². The molecule has 3 heterocycles. The van der Waals surface area contributed by atoms with Crippen LogP contribution in [0.2, 0.25) is 0 Å². The smallest absolute Gasteiger partial charge is 0.187 e. The van der Waals surface area contributed by atoms with Crippen molar-refractivity contribution < 1.29 is 4.39 Å². The molecule has 1 aliphatic heterocycles. The SMILES string of the molecule is N#Cc1cccc(N2CCN(c3ncnc(C4CC4)c3F)CC2)n1. The summed E-state index contributed by atoms with van der Waals surface area (Å²) in [5.74, 6) is 1.20. The minimum absolute atomic E-state index is 0.266. The number of halogens is 1. The molecule has 0 aromatic carbocycles. The lowest BCUT2D eigenvalue weighted by molar-refractivity contribution is 0.566. The van der Waals surface area contributed by atoms with Crippen LogP contribution in [-0.2, 0) is 0 Å². The van der Waals surface area contributed by atoms with E-state index in [1.807, 2.05) is 17.0 Å². The molecule has 2 aliphatic rings. The predicted octanol–water partition coefficient (Wildman–Crippen LogP) is 2.09. The first-order valence-electron chi connectivity index (χ1n) is 8.13. The van der Waals surface area contributed by atoms with Gasteiger partial charge in [0.2, 0.25) is 0 Å². The predicted molar refractivity (Wildman–Crippen MR) is 87.3 cm³/mol. The molecular formula is C17H17FN6. The maximum absolute atomic E-state index is 14.6. The quantitative estimate of drug-likeness (QED) is 0.861. The Morgan fingerprint density at radius 1 is 1.08 bits per heavy atom. The summed E-state index contributed by atoms with van der Waals surface area (Å²) in [7, 11) is 0. The molecule has 1 saturated heterocycles. The number of pyridine rings is 1. The molecule has 0 spiro atoms. The molecule has 0 bridgehead atoms. The van der Waals surface area contributed by atoms with Gasteiger partial charge in [-0.1, -0.05) is 6.07 Å². The van der Waals surface area contributed by atoms with Gasteiger partial charge >= 0.3 is 0 Å². The van der Waals surface area contributed by atoms with E-state index in [2.05, 4.69) is 25.9 Å². The number of nitrogens with zero attached hydrogens (tertiary/aromatic N) is 6. The maximum Gasteiger partial charge on any atom is 0.187 e. The van der Waals surface area contributed by atoms with Crippen LogP contribution in [0, 0.1) is 17.1 Å². The Morgan fingerprint density at radius 3 is 2.54 bits per heavy atom. The van der Waals surface area contributed by atoms with Gasteiger partial charge in [0.15, 0.2) is 11.6 Å². The standard InChI is InChI=1S/C17H17FN6/c18-15-16(12-4-5-12)20-11-21-17(15)24-8-6-23(7-9-24)14-3-1-2-13(10-19)22-14/h1-3,11-12H,4-9H2. The van der Waals surface area contributed by atoms with E-state index in [1.165, 1.54) is 6.33 Å². The topological polar surface area (TPSA) is 68.9 Å². The van der Waals surface area contributed by atoms with Crippen molar-refractivity contribution in [2.45, 2.75) is 18.8 Å². The van der Waals surface area contributed by atoms with E-state index in [4.69, 9.17) is 5.26 Å². The van der Waals surface area contributed by atoms with E-state index in [1.54, 1.807) is 6.07 Å². The molecule has 0 unspecified atom stereocenters. The molecule has 1 saturated carbocycles. The summed E-state index contributed by atoms with van der Waals surface area (Å²) in [6, 6.07) is 7.47. The molecule has 7 heteroatoms. The molecule has 0 atom stereocenters. The van der Waals surface area contributed by atoms with Gasteiger partial charge in [0, 0.05) is 32.1 Å². The lowest BCUT2D eigenvalue weighted by Gasteiger charge is -2.36. The fourth-order valence-electron chi connectivity index (χ4n) is 3.04. The van der Waals surface area contributed by atoms with Crippen LogP contribution in [0.5, 0.6) is 0 Å². The van der Waals surface area contributed by atoms with E-state index in [0.29, 0.717) is 43.4 Å². The first-order chi connectivity index (χ1) is 11.8. The van der Waals surface area contributed by atoms with Crippen molar-refractivity contribution in [3.63, 3.8) is 0 Å². The summed E-state index contributed by atoms with van der Waals surface area (Å²) in [6.45, 7) is 2.75. The summed E-state index contributed by atoms with van der Waals surface area (Å²) in [6.07, 6.45) is 3.50. The van der Waals surface area contributed by atoms with Crippen molar-refractivity contribution in [2.24, 2.45) is 0 Å². The molecule has 4 rings (SSSR count). The van der Waals surface area contributed by atoms with E-state index >= 15 is 0 Å². The number of anilines is 2. The van der Waals surface area contributed by atoms with Crippen LogP contribution in [0.3, 0.4) is 0 Å². The molecule has 0 radical (unpaired) electrons. The van der Waals surface area contributed by atoms with E-state index in [0.717, 1.165) is 18.7 Å². The number of hydrogen-bond acceptors (Lipinski definition) is 6. The van der Waals surface area contributed by atoms with E-state index in [-0.39, 0.29) is 11.7 Å². The van der Waals surface area contributed by atoms with Crippen molar-refractivity contribution in [3.05, 3.63) is 41.7 Å². The molecule has 6 nitrogen and oxygen atoms in total. The Balaban J connectivity index is 1.48. The molecule has 24 heavy (non-hydrogen) atoms. The third-order valence-corrected chi connectivity index (χ3v) is 4.51. The number of piperazine rings is 1. The number of rotatable bonds is 3. The average molecular weight is 324 g/mol. The van der Waals surface area contributed by atoms with Crippen LogP contribution in [-0.4, -0.2) is 41.1 Å². The van der Waals surface area contributed by atoms with Gasteiger partial charge in [0.05, 0.1) is 5.69 Å². The zero-order valence-corrected chi connectivity index (χ0v) is 13.2. The Labute approximate surface area is 139 Å². The highest BCUT2D eigenvalue weighted by Crippen LogP contribution is 2.41. The van der Waals surface area contributed by atoms with Crippen LogP contribution < -0.4 is 9.80 Å². The van der Waals surface area contributed by atoms with Crippen LogP contribution in [0.4, 0.5) is 16.0 Å². The third-order valence-electron chi connectivity index (χ3n) is 4.51. The third kappa shape index (κ3) is 2.75. The van der Waals surface area contributed by atoms with Crippen LogP contribution >= 0.6 is 0 Å².